The molecule has 0 bridgehead atoms. The average molecular weight is 392 g/mol. The van der Waals surface area contributed by atoms with E-state index in [9.17, 15) is 26.4 Å². The molecule has 2 aromatic rings. The van der Waals surface area contributed by atoms with Gasteiger partial charge in [0.1, 0.15) is 0 Å². The summed E-state index contributed by atoms with van der Waals surface area (Å²) >= 11 is 5.39. The van der Waals surface area contributed by atoms with Gasteiger partial charge in [0.2, 0.25) is 10.9 Å². The van der Waals surface area contributed by atoms with E-state index >= 15 is 0 Å². The summed E-state index contributed by atoms with van der Waals surface area (Å²) in [5.74, 6) is 0. The first-order valence-corrected chi connectivity index (χ1v) is 8.61. The topological polar surface area (TPSA) is 54.5 Å². The fourth-order valence-corrected chi connectivity index (χ4v) is 3.29. The molecule has 0 amide bonds. The third-order valence-electron chi connectivity index (χ3n) is 3.52. The van der Waals surface area contributed by atoms with E-state index in [1.54, 1.807) is 0 Å². The molecule has 0 radical (unpaired) electrons. The normalized spacial score (nSPS) is 11.6. The first-order valence-electron chi connectivity index (χ1n) is 7.10. The summed E-state index contributed by atoms with van der Waals surface area (Å²) in [5.41, 5.74) is -1.12. The second kappa shape index (κ2) is 7.45. The van der Waals surface area contributed by atoms with E-state index in [1.165, 1.54) is 37.3 Å². The van der Waals surface area contributed by atoms with Crippen molar-refractivity contribution in [3.63, 3.8) is 0 Å². The highest BCUT2D eigenvalue weighted by molar-refractivity contribution is 7.74. The van der Waals surface area contributed by atoms with E-state index in [0.29, 0.717) is 0 Å². The van der Waals surface area contributed by atoms with Crippen LogP contribution < -0.4 is 4.31 Å². The number of rotatable bonds is 5. The first kappa shape index (κ1) is 19.3. The molecule has 2 rings (SSSR count). The Hall–Kier alpha value is -2.06. The molecule has 25 heavy (non-hydrogen) atoms. The van der Waals surface area contributed by atoms with Crippen molar-refractivity contribution in [2.45, 2.75) is 19.5 Å². The Morgan fingerprint density at radius 3 is 2.32 bits per heavy atom. The van der Waals surface area contributed by atoms with Gasteiger partial charge in [0.25, 0.3) is 5.24 Å². The van der Waals surface area contributed by atoms with Crippen molar-refractivity contribution < 1.29 is 26.4 Å². The lowest BCUT2D eigenvalue weighted by Crippen LogP contribution is -2.19. The number of hydrogen-bond acceptors (Lipinski definition) is 3. The Bertz CT molecular complexity index is 873. The van der Waals surface area contributed by atoms with E-state index in [2.05, 4.69) is 0 Å². The number of benzene rings is 2. The minimum absolute atomic E-state index is 0.0247. The number of anilines is 2. The largest absolute Gasteiger partial charge is 0.416 e. The van der Waals surface area contributed by atoms with Gasteiger partial charge in [0, 0.05) is 5.56 Å². The quantitative estimate of drug-likeness (QED) is 0.610. The van der Waals surface area contributed by atoms with E-state index in [0.717, 1.165) is 16.4 Å². The Morgan fingerprint density at radius 1 is 1.16 bits per heavy atom. The molecule has 0 aliphatic heterocycles. The number of carbonyl (C=O) groups is 1. The summed E-state index contributed by atoms with van der Waals surface area (Å²) < 4.78 is 64.0. The van der Waals surface area contributed by atoms with Crippen LogP contribution in [0.15, 0.2) is 42.5 Å². The predicted octanol–water partition coefficient (Wildman–Crippen LogP) is 4.31. The molecular weight excluding hydrogens is 379 g/mol. The standard InChI is InChI=1S/C16H13ClF3NO3S/c1-2-12-13(16(18,19)20)7-4-8-14(12)21(25(23)24)11-6-3-5-10(9-11)15(17)22/h3-9,25H,2H2,1H3. The molecule has 134 valence electrons. The van der Waals surface area contributed by atoms with E-state index in [-0.39, 0.29) is 28.9 Å². The van der Waals surface area contributed by atoms with Crippen LogP contribution in [-0.2, 0) is 23.5 Å². The van der Waals surface area contributed by atoms with Gasteiger partial charge in [-0.3, -0.25) is 4.79 Å². The van der Waals surface area contributed by atoms with Crippen LogP contribution in [0.4, 0.5) is 24.5 Å². The molecule has 0 aliphatic rings. The van der Waals surface area contributed by atoms with Gasteiger partial charge in [-0.25, -0.2) is 12.7 Å². The van der Waals surface area contributed by atoms with Gasteiger partial charge < -0.3 is 0 Å². The molecular formula is C16H13ClF3NO3S. The lowest BCUT2D eigenvalue weighted by molar-refractivity contribution is -0.138. The Balaban J connectivity index is 2.71. The molecule has 0 heterocycles. The van der Waals surface area contributed by atoms with Gasteiger partial charge in [0.05, 0.1) is 16.9 Å². The third-order valence-corrected chi connectivity index (χ3v) is 4.51. The maximum absolute atomic E-state index is 13.2. The minimum Gasteiger partial charge on any atom is -0.276 e. The van der Waals surface area contributed by atoms with Crippen molar-refractivity contribution in [1.82, 2.24) is 0 Å². The second-order valence-electron chi connectivity index (χ2n) is 5.03. The molecule has 4 nitrogen and oxygen atoms in total. The molecule has 2 aromatic carbocycles. The molecule has 0 spiro atoms. The Kier molecular flexibility index (Phi) is 5.74. The zero-order chi connectivity index (χ0) is 18.8. The lowest BCUT2D eigenvalue weighted by Gasteiger charge is -2.23. The minimum atomic E-state index is -4.62. The number of nitrogens with zero attached hydrogens (tertiary/aromatic N) is 1. The Morgan fingerprint density at radius 2 is 1.80 bits per heavy atom. The monoisotopic (exact) mass is 391 g/mol. The fourth-order valence-electron chi connectivity index (χ4n) is 2.49. The van der Waals surface area contributed by atoms with E-state index in [1.807, 2.05) is 0 Å². The van der Waals surface area contributed by atoms with Crippen LogP contribution in [0.2, 0.25) is 0 Å². The lowest BCUT2D eigenvalue weighted by atomic mass is 10.0. The molecule has 0 atom stereocenters. The van der Waals surface area contributed by atoms with Crippen molar-refractivity contribution >= 4 is 39.1 Å². The van der Waals surface area contributed by atoms with Crippen LogP contribution in [-0.4, -0.2) is 13.7 Å². The zero-order valence-corrected chi connectivity index (χ0v) is 14.5. The summed E-state index contributed by atoms with van der Waals surface area (Å²) in [6, 6.07) is 8.68. The van der Waals surface area contributed by atoms with Crippen molar-refractivity contribution in [3.8, 4) is 0 Å². The second-order valence-corrected chi connectivity index (χ2v) is 6.25. The van der Waals surface area contributed by atoms with Crippen molar-refractivity contribution in [1.29, 1.82) is 0 Å². The number of carbonyl (C=O) groups excluding carboxylic acids is 1. The summed E-state index contributed by atoms with van der Waals surface area (Å²) in [7, 11) is -3.31. The molecule has 9 heteroatoms. The van der Waals surface area contributed by atoms with Gasteiger partial charge in [-0.05, 0) is 53.9 Å². The summed E-state index contributed by atoms with van der Waals surface area (Å²) in [6.45, 7) is 1.50. The third kappa shape index (κ3) is 4.13. The molecule has 0 aromatic heterocycles. The van der Waals surface area contributed by atoms with Crippen LogP contribution in [0, 0.1) is 0 Å². The molecule has 0 saturated carbocycles. The van der Waals surface area contributed by atoms with E-state index in [4.69, 9.17) is 11.6 Å². The summed E-state index contributed by atoms with van der Waals surface area (Å²) in [4.78, 5) is 11.3. The molecule has 0 aliphatic carbocycles. The van der Waals surface area contributed by atoms with Crippen LogP contribution in [0.25, 0.3) is 0 Å². The maximum atomic E-state index is 13.2. The fraction of sp³-hybridized carbons (Fsp3) is 0.188. The van der Waals surface area contributed by atoms with Crippen molar-refractivity contribution in [3.05, 3.63) is 59.2 Å². The highest BCUT2D eigenvalue weighted by Crippen LogP contribution is 2.38. The van der Waals surface area contributed by atoms with Gasteiger partial charge in [-0.1, -0.05) is 19.1 Å². The summed E-state index contributed by atoms with van der Waals surface area (Å²) in [5, 5.41) is -0.803. The number of hydrogen-bond donors (Lipinski definition) is 1. The van der Waals surface area contributed by atoms with Crippen molar-refractivity contribution in [2.75, 3.05) is 4.31 Å². The van der Waals surface area contributed by atoms with E-state index < -0.39 is 27.9 Å². The zero-order valence-electron chi connectivity index (χ0n) is 12.9. The van der Waals surface area contributed by atoms with Gasteiger partial charge >= 0.3 is 6.18 Å². The van der Waals surface area contributed by atoms with Crippen LogP contribution in [0.3, 0.4) is 0 Å². The molecule has 0 N–H and O–H groups in total. The van der Waals surface area contributed by atoms with Crippen molar-refractivity contribution in [2.24, 2.45) is 0 Å². The van der Waals surface area contributed by atoms with Gasteiger partial charge in [-0.15, -0.1) is 0 Å². The number of thiol groups is 1. The maximum Gasteiger partial charge on any atom is 0.416 e. The van der Waals surface area contributed by atoms with Crippen LogP contribution in [0.5, 0.6) is 0 Å². The highest BCUT2D eigenvalue weighted by Gasteiger charge is 2.34. The highest BCUT2D eigenvalue weighted by atomic mass is 35.5. The Labute approximate surface area is 148 Å². The number of halogens is 4. The van der Waals surface area contributed by atoms with Crippen LogP contribution in [0.1, 0.15) is 28.4 Å². The van der Waals surface area contributed by atoms with Gasteiger partial charge in [0.15, 0.2) is 0 Å². The molecule has 0 fully saturated rings. The predicted molar refractivity (Wildman–Crippen MR) is 89.9 cm³/mol. The SMILES string of the molecule is CCc1c(N(c2cccc(C(=O)Cl)c2)[SH](=O)=O)cccc1C(F)(F)F. The smallest absolute Gasteiger partial charge is 0.276 e. The van der Waals surface area contributed by atoms with Gasteiger partial charge in [-0.2, -0.15) is 13.2 Å². The van der Waals surface area contributed by atoms with Crippen LogP contribution >= 0.6 is 11.6 Å². The average Bonchev–Trinajstić information content (AvgIpc) is 2.54. The number of alkyl halides is 3. The molecule has 0 unspecified atom stereocenters. The summed E-state index contributed by atoms with van der Waals surface area (Å²) in [6.07, 6.45) is -4.64. The first-order chi connectivity index (χ1) is 11.7. The molecule has 0 saturated heterocycles.